The van der Waals surface area contributed by atoms with Gasteiger partial charge in [-0.25, -0.2) is 0 Å². The predicted molar refractivity (Wildman–Crippen MR) is 118 cm³/mol. The molecule has 2 aromatic carbocycles. The van der Waals surface area contributed by atoms with E-state index in [1.165, 1.54) is 11.8 Å². The van der Waals surface area contributed by atoms with Gasteiger partial charge in [0.1, 0.15) is 15.8 Å². The number of methoxy groups -OCH3 is 2. The van der Waals surface area contributed by atoms with Gasteiger partial charge in [-0.05, 0) is 24.3 Å². The molecule has 2 aromatic rings. The van der Waals surface area contributed by atoms with Crippen LogP contribution in [0.1, 0.15) is 12.0 Å². The number of carbonyl (C=O) groups excluding carboxylic acids is 1. The van der Waals surface area contributed by atoms with Crippen molar-refractivity contribution < 1.29 is 23.7 Å². The molecule has 3 rings (SSSR count). The van der Waals surface area contributed by atoms with Gasteiger partial charge >= 0.3 is 0 Å². The minimum atomic E-state index is -0.208. The number of carbonyl (C=O) groups is 1. The van der Waals surface area contributed by atoms with Crippen LogP contribution >= 0.6 is 24.0 Å². The number of hydrogen-bond donors (Lipinski definition) is 1. The minimum absolute atomic E-state index is 0.208. The Kier molecular flexibility index (Phi) is 7.37. The summed E-state index contributed by atoms with van der Waals surface area (Å²) in [5.74, 6) is 2.46. The van der Waals surface area contributed by atoms with Gasteiger partial charge < -0.3 is 24.3 Å². The molecule has 6 nitrogen and oxygen atoms in total. The highest BCUT2D eigenvalue weighted by molar-refractivity contribution is 8.26. The Balaban J connectivity index is 1.61. The number of amides is 1. The fourth-order valence-corrected chi connectivity index (χ4v) is 3.67. The van der Waals surface area contributed by atoms with Gasteiger partial charge in [-0.3, -0.25) is 4.79 Å². The number of ether oxygens (including phenoxy) is 4. The lowest BCUT2D eigenvalue weighted by Gasteiger charge is -2.14. The second-order valence-corrected chi connectivity index (χ2v) is 7.68. The van der Waals surface area contributed by atoms with Crippen LogP contribution in [-0.2, 0) is 4.79 Å². The van der Waals surface area contributed by atoms with Gasteiger partial charge in [0.15, 0.2) is 11.5 Å². The Morgan fingerprint density at radius 1 is 1.03 bits per heavy atom. The topological polar surface area (TPSA) is 66.0 Å². The molecule has 8 heteroatoms. The van der Waals surface area contributed by atoms with Crippen LogP contribution in [0.15, 0.2) is 47.4 Å². The van der Waals surface area contributed by atoms with Gasteiger partial charge in [0, 0.05) is 18.1 Å². The number of thioether (sulfide) groups is 1. The van der Waals surface area contributed by atoms with Gasteiger partial charge in [-0.15, -0.1) is 0 Å². The zero-order valence-electron chi connectivity index (χ0n) is 16.1. The van der Waals surface area contributed by atoms with E-state index < -0.39 is 0 Å². The summed E-state index contributed by atoms with van der Waals surface area (Å²) >= 11 is 6.27. The first kappa shape index (κ1) is 21.0. The van der Waals surface area contributed by atoms with Crippen molar-refractivity contribution in [3.05, 3.63) is 52.9 Å². The lowest BCUT2D eigenvalue weighted by molar-refractivity contribution is -0.115. The van der Waals surface area contributed by atoms with E-state index in [1.807, 2.05) is 42.5 Å². The molecule has 0 saturated carbocycles. The summed E-state index contributed by atoms with van der Waals surface area (Å²) in [5.41, 5.74) is 0.750. The highest BCUT2D eigenvalue weighted by Gasteiger charge is 2.23. The van der Waals surface area contributed by atoms with Gasteiger partial charge in [-0.1, -0.05) is 42.2 Å². The van der Waals surface area contributed by atoms with Crippen molar-refractivity contribution in [1.29, 1.82) is 0 Å². The predicted octanol–water partition coefficient (Wildman–Crippen LogP) is 4.04. The number of benzene rings is 2. The molecule has 1 aliphatic heterocycles. The molecule has 1 aliphatic rings. The van der Waals surface area contributed by atoms with E-state index in [9.17, 15) is 4.79 Å². The highest BCUT2D eigenvalue weighted by Crippen LogP contribution is 2.35. The van der Waals surface area contributed by atoms with E-state index in [0.29, 0.717) is 40.4 Å². The van der Waals surface area contributed by atoms with Gasteiger partial charge in [0.25, 0.3) is 5.91 Å². The molecule has 0 radical (unpaired) electrons. The third-order valence-electron chi connectivity index (χ3n) is 4.00. The molecule has 0 bridgehead atoms. The van der Waals surface area contributed by atoms with Gasteiger partial charge in [0.05, 0.1) is 32.3 Å². The van der Waals surface area contributed by atoms with Crippen molar-refractivity contribution >= 4 is 40.3 Å². The molecule has 1 amide bonds. The van der Waals surface area contributed by atoms with Crippen LogP contribution in [0.2, 0.25) is 0 Å². The molecule has 0 aliphatic carbocycles. The van der Waals surface area contributed by atoms with E-state index in [1.54, 1.807) is 20.3 Å². The van der Waals surface area contributed by atoms with Crippen molar-refractivity contribution in [2.75, 3.05) is 27.4 Å². The third-order valence-corrected chi connectivity index (χ3v) is 5.17. The highest BCUT2D eigenvalue weighted by atomic mass is 32.2. The van der Waals surface area contributed by atoms with Crippen LogP contribution in [-0.4, -0.2) is 37.7 Å². The smallest absolute Gasteiger partial charge is 0.263 e. The lowest BCUT2D eigenvalue weighted by atomic mass is 10.1. The van der Waals surface area contributed by atoms with Crippen LogP contribution < -0.4 is 24.3 Å². The first-order chi connectivity index (χ1) is 14.1. The summed E-state index contributed by atoms with van der Waals surface area (Å²) < 4.78 is 22.7. The van der Waals surface area contributed by atoms with E-state index in [0.717, 1.165) is 17.1 Å². The molecule has 0 unspecified atom stereocenters. The molecule has 0 aromatic heterocycles. The fraction of sp³-hybridized carbons (Fsp3) is 0.238. The van der Waals surface area contributed by atoms with E-state index in [2.05, 4.69) is 5.32 Å². The van der Waals surface area contributed by atoms with E-state index >= 15 is 0 Å². The molecule has 1 saturated heterocycles. The summed E-state index contributed by atoms with van der Waals surface area (Å²) in [4.78, 5) is 12.5. The van der Waals surface area contributed by atoms with Crippen molar-refractivity contribution in [1.82, 2.24) is 5.32 Å². The average molecular weight is 432 g/mol. The van der Waals surface area contributed by atoms with Crippen molar-refractivity contribution in [3.8, 4) is 23.0 Å². The number of hydrogen-bond acceptors (Lipinski definition) is 7. The summed E-state index contributed by atoms with van der Waals surface area (Å²) in [6, 6.07) is 13.0. The van der Waals surface area contributed by atoms with Gasteiger partial charge in [-0.2, -0.15) is 0 Å². The SMILES string of the molecule is COc1cccc(OCCCOc2c(C=C3SC(=S)NC3=O)cccc2OC)c1. The quantitative estimate of drug-likeness (QED) is 0.365. The second-order valence-electron chi connectivity index (χ2n) is 5.96. The Hall–Kier alpha value is -2.71. The zero-order chi connectivity index (χ0) is 20.6. The third kappa shape index (κ3) is 5.65. The monoisotopic (exact) mass is 431 g/mol. The Bertz CT molecular complexity index is 929. The molecule has 1 heterocycles. The fourth-order valence-electron chi connectivity index (χ4n) is 2.64. The van der Waals surface area contributed by atoms with Crippen molar-refractivity contribution in [2.45, 2.75) is 6.42 Å². The molecule has 0 spiro atoms. The normalized spacial score (nSPS) is 14.6. The Morgan fingerprint density at radius 3 is 2.52 bits per heavy atom. The first-order valence-corrected chi connectivity index (χ1v) is 10.1. The van der Waals surface area contributed by atoms with Crippen LogP contribution in [0.5, 0.6) is 23.0 Å². The summed E-state index contributed by atoms with van der Waals surface area (Å²) in [7, 11) is 3.20. The first-order valence-electron chi connectivity index (χ1n) is 8.92. The maximum Gasteiger partial charge on any atom is 0.263 e. The van der Waals surface area contributed by atoms with Crippen LogP contribution in [0, 0.1) is 0 Å². The molecular weight excluding hydrogens is 410 g/mol. The van der Waals surface area contributed by atoms with E-state index in [-0.39, 0.29) is 5.91 Å². The molecule has 29 heavy (non-hydrogen) atoms. The van der Waals surface area contributed by atoms with E-state index in [4.69, 9.17) is 31.2 Å². The lowest BCUT2D eigenvalue weighted by Crippen LogP contribution is -2.17. The maximum atomic E-state index is 11.9. The molecule has 0 atom stereocenters. The van der Waals surface area contributed by atoms with Crippen LogP contribution in [0.4, 0.5) is 0 Å². The molecule has 1 fully saturated rings. The number of nitrogens with one attached hydrogen (secondary N) is 1. The summed E-state index contributed by atoms with van der Waals surface area (Å²) in [6.07, 6.45) is 2.43. The van der Waals surface area contributed by atoms with Crippen LogP contribution in [0.3, 0.4) is 0 Å². The maximum absolute atomic E-state index is 11.9. The average Bonchev–Trinajstić information content (AvgIpc) is 3.05. The molecule has 152 valence electrons. The van der Waals surface area contributed by atoms with Gasteiger partial charge in [0.2, 0.25) is 0 Å². The van der Waals surface area contributed by atoms with Crippen molar-refractivity contribution in [3.63, 3.8) is 0 Å². The standard InChI is InChI=1S/C21H21NO5S2/c1-24-15-7-4-8-16(13-15)26-10-5-11-27-19-14(6-3-9-17(19)25-2)12-18-20(23)22-21(28)29-18/h3-4,6-9,12-13H,5,10-11H2,1-2H3,(H,22,23,28). The molecular formula is C21H21NO5S2. The van der Waals surface area contributed by atoms with Crippen LogP contribution in [0.25, 0.3) is 6.08 Å². The number of para-hydroxylation sites is 1. The summed E-state index contributed by atoms with van der Waals surface area (Å²) in [5, 5.41) is 2.61. The zero-order valence-corrected chi connectivity index (χ0v) is 17.7. The largest absolute Gasteiger partial charge is 0.497 e. The Morgan fingerprint density at radius 2 is 1.79 bits per heavy atom. The second kappa shape index (κ2) is 10.2. The number of thiocarbonyl (C=S) groups is 1. The minimum Gasteiger partial charge on any atom is -0.497 e. The van der Waals surface area contributed by atoms with Crippen molar-refractivity contribution in [2.24, 2.45) is 0 Å². The Labute approximate surface area is 179 Å². The summed E-state index contributed by atoms with van der Waals surface area (Å²) in [6.45, 7) is 0.920. The molecule has 1 N–H and O–H groups in total. The number of rotatable bonds is 9.